The van der Waals surface area contributed by atoms with Crippen LogP contribution in [0.5, 0.6) is 0 Å². The lowest BCUT2D eigenvalue weighted by atomic mass is 10.4. The van der Waals surface area contributed by atoms with Crippen molar-refractivity contribution >= 4 is 0 Å². The van der Waals surface area contributed by atoms with Crippen molar-refractivity contribution in [1.29, 1.82) is 0 Å². The molecule has 15 heavy (non-hydrogen) atoms. The second-order valence-corrected chi connectivity index (χ2v) is 3.20. The first-order valence-electron chi connectivity index (χ1n) is 5.07. The number of nitrogens with zero attached hydrogens (tertiary/aromatic N) is 2. The van der Waals surface area contributed by atoms with E-state index in [0.717, 1.165) is 13.1 Å². The van der Waals surface area contributed by atoms with Crippen LogP contribution >= 0.6 is 0 Å². The van der Waals surface area contributed by atoms with Gasteiger partial charge in [-0.2, -0.15) is 0 Å². The SMILES string of the molecule is CCn1cncc1CNCC(OC)OC. The molecule has 5 heteroatoms. The topological polar surface area (TPSA) is 48.3 Å². The fourth-order valence-electron chi connectivity index (χ4n) is 1.36. The van der Waals surface area contributed by atoms with Gasteiger partial charge in [-0.25, -0.2) is 4.98 Å². The molecule has 0 saturated heterocycles. The molecule has 1 heterocycles. The van der Waals surface area contributed by atoms with E-state index in [9.17, 15) is 0 Å². The lowest BCUT2D eigenvalue weighted by Gasteiger charge is -2.14. The Hall–Kier alpha value is -0.910. The van der Waals surface area contributed by atoms with Crippen LogP contribution < -0.4 is 5.32 Å². The van der Waals surface area contributed by atoms with Gasteiger partial charge in [-0.15, -0.1) is 0 Å². The van der Waals surface area contributed by atoms with E-state index in [-0.39, 0.29) is 6.29 Å². The Balaban J connectivity index is 2.31. The van der Waals surface area contributed by atoms with Crippen LogP contribution in [0.1, 0.15) is 12.6 Å². The van der Waals surface area contributed by atoms with E-state index in [4.69, 9.17) is 9.47 Å². The van der Waals surface area contributed by atoms with E-state index >= 15 is 0 Å². The minimum Gasteiger partial charge on any atom is -0.355 e. The van der Waals surface area contributed by atoms with E-state index in [0.29, 0.717) is 6.54 Å². The average molecular weight is 213 g/mol. The summed E-state index contributed by atoms with van der Waals surface area (Å²) in [5.41, 5.74) is 1.17. The molecule has 1 aromatic heterocycles. The Bertz CT molecular complexity index is 271. The van der Waals surface area contributed by atoms with Crippen LogP contribution in [0.25, 0.3) is 0 Å². The van der Waals surface area contributed by atoms with Crippen LogP contribution in [0.4, 0.5) is 0 Å². The zero-order valence-electron chi connectivity index (χ0n) is 9.56. The third-order valence-electron chi connectivity index (χ3n) is 2.28. The van der Waals surface area contributed by atoms with Crippen LogP contribution in [0.2, 0.25) is 0 Å². The maximum atomic E-state index is 5.07. The van der Waals surface area contributed by atoms with Gasteiger partial charge in [0.15, 0.2) is 6.29 Å². The standard InChI is InChI=1S/C10H19N3O2/c1-4-13-8-12-6-9(13)5-11-7-10(14-2)15-3/h6,8,10-11H,4-5,7H2,1-3H3. The molecule has 0 aliphatic heterocycles. The summed E-state index contributed by atoms with van der Waals surface area (Å²) in [5.74, 6) is 0. The molecule has 1 N–H and O–H groups in total. The molecule has 0 unspecified atom stereocenters. The first kappa shape index (κ1) is 12.2. The number of aryl methyl sites for hydroxylation is 1. The van der Waals surface area contributed by atoms with E-state index in [1.54, 1.807) is 14.2 Å². The predicted octanol–water partition coefficient (Wildman–Crippen LogP) is 0.611. The third-order valence-corrected chi connectivity index (χ3v) is 2.28. The zero-order valence-corrected chi connectivity index (χ0v) is 9.56. The summed E-state index contributed by atoms with van der Waals surface area (Å²) in [6, 6.07) is 0. The number of aromatic nitrogens is 2. The highest BCUT2D eigenvalue weighted by Crippen LogP contribution is 1.98. The van der Waals surface area contributed by atoms with Crippen LogP contribution in [-0.4, -0.2) is 36.6 Å². The molecule has 0 atom stereocenters. The number of nitrogens with one attached hydrogen (secondary N) is 1. The maximum Gasteiger partial charge on any atom is 0.169 e. The summed E-state index contributed by atoms with van der Waals surface area (Å²) in [6.45, 7) is 4.48. The highest BCUT2D eigenvalue weighted by molar-refractivity contribution is 4.97. The van der Waals surface area contributed by atoms with Crippen molar-refractivity contribution in [3.05, 3.63) is 18.2 Å². The second-order valence-electron chi connectivity index (χ2n) is 3.20. The van der Waals surface area contributed by atoms with Gasteiger partial charge in [-0.3, -0.25) is 0 Å². The minimum atomic E-state index is -0.192. The Labute approximate surface area is 90.4 Å². The van der Waals surface area contributed by atoms with Gasteiger partial charge in [0, 0.05) is 40.1 Å². The summed E-state index contributed by atoms with van der Waals surface area (Å²) in [6.07, 6.45) is 3.51. The molecule has 0 aliphatic carbocycles. The van der Waals surface area contributed by atoms with Crippen molar-refractivity contribution in [1.82, 2.24) is 14.9 Å². The fraction of sp³-hybridized carbons (Fsp3) is 0.700. The molecule has 0 aliphatic rings. The third kappa shape index (κ3) is 3.62. The molecule has 0 amide bonds. The van der Waals surface area contributed by atoms with Crippen LogP contribution in [0.15, 0.2) is 12.5 Å². The highest BCUT2D eigenvalue weighted by Gasteiger charge is 2.05. The number of imidazole rings is 1. The molecular formula is C10H19N3O2. The molecule has 0 saturated carbocycles. The minimum absolute atomic E-state index is 0.192. The number of rotatable bonds is 7. The maximum absolute atomic E-state index is 5.07. The number of hydrogen-bond donors (Lipinski definition) is 1. The normalized spacial score (nSPS) is 11.2. The molecule has 0 spiro atoms. The summed E-state index contributed by atoms with van der Waals surface area (Å²) < 4.78 is 12.2. The molecule has 5 nitrogen and oxygen atoms in total. The van der Waals surface area contributed by atoms with E-state index in [2.05, 4.69) is 21.8 Å². The van der Waals surface area contributed by atoms with Gasteiger partial charge in [0.2, 0.25) is 0 Å². The molecular weight excluding hydrogens is 194 g/mol. The highest BCUT2D eigenvalue weighted by atomic mass is 16.7. The zero-order chi connectivity index (χ0) is 11.1. The molecule has 1 aromatic rings. The van der Waals surface area contributed by atoms with Crippen LogP contribution in [-0.2, 0) is 22.6 Å². The quantitative estimate of drug-likeness (QED) is 0.674. The fourth-order valence-corrected chi connectivity index (χ4v) is 1.36. The van der Waals surface area contributed by atoms with Gasteiger partial charge in [0.1, 0.15) is 0 Å². The number of ether oxygens (including phenoxy) is 2. The Kier molecular flexibility index (Phi) is 5.31. The van der Waals surface area contributed by atoms with Gasteiger partial charge < -0.3 is 19.4 Å². The van der Waals surface area contributed by atoms with Gasteiger partial charge in [-0.1, -0.05) is 0 Å². The van der Waals surface area contributed by atoms with Crippen molar-refractivity contribution in [3.8, 4) is 0 Å². The second kappa shape index (κ2) is 6.55. The number of methoxy groups -OCH3 is 2. The lowest BCUT2D eigenvalue weighted by molar-refractivity contribution is -0.0989. The van der Waals surface area contributed by atoms with Crippen LogP contribution in [0.3, 0.4) is 0 Å². The summed E-state index contributed by atoms with van der Waals surface area (Å²) in [7, 11) is 3.26. The molecule has 0 fully saturated rings. The van der Waals surface area contributed by atoms with Crippen molar-refractivity contribution in [2.45, 2.75) is 26.3 Å². The Morgan fingerprint density at radius 2 is 2.20 bits per heavy atom. The first-order chi connectivity index (χ1) is 7.31. The van der Waals surface area contributed by atoms with Crippen molar-refractivity contribution in [3.63, 3.8) is 0 Å². The van der Waals surface area contributed by atoms with Crippen molar-refractivity contribution in [2.75, 3.05) is 20.8 Å². The van der Waals surface area contributed by atoms with Gasteiger partial charge in [0.25, 0.3) is 0 Å². The van der Waals surface area contributed by atoms with E-state index in [1.807, 2.05) is 12.5 Å². The molecule has 1 rings (SSSR count). The number of hydrogen-bond acceptors (Lipinski definition) is 4. The largest absolute Gasteiger partial charge is 0.355 e. The summed E-state index contributed by atoms with van der Waals surface area (Å²) in [4.78, 5) is 4.09. The smallest absolute Gasteiger partial charge is 0.169 e. The van der Waals surface area contributed by atoms with Gasteiger partial charge >= 0.3 is 0 Å². The molecule has 0 radical (unpaired) electrons. The monoisotopic (exact) mass is 213 g/mol. The van der Waals surface area contributed by atoms with Crippen molar-refractivity contribution < 1.29 is 9.47 Å². The first-order valence-corrected chi connectivity index (χ1v) is 5.07. The molecule has 0 bridgehead atoms. The summed E-state index contributed by atoms with van der Waals surface area (Å²) >= 11 is 0. The average Bonchev–Trinajstić information content (AvgIpc) is 2.72. The predicted molar refractivity (Wildman–Crippen MR) is 57.4 cm³/mol. The van der Waals surface area contributed by atoms with Gasteiger partial charge in [-0.05, 0) is 6.92 Å². The van der Waals surface area contributed by atoms with Gasteiger partial charge in [0.05, 0.1) is 12.0 Å². The van der Waals surface area contributed by atoms with E-state index < -0.39 is 0 Å². The summed E-state index contributed by atoms with van der Waals surface area (Å²) in [5, 5.41) is 3.25. The Morgan fingerprint density at radius 1 is 1.47 bits per heavy atom. The molecule has 0 aromatic carbocycles. The van der Waals surface area contributed by atoms with Crippen molar-refractivity contribution in [2.24, 2.45) is 0 Å². The van der Waals surface area contributed by atoms with Crippen LogP contribution in [0, 0.1) is 0 Å². The Morgan fingerprint density at radius 3 is 2.80 bits per heavy atom. The molecule has 86 valence electrons. The lowest BCUT2D eigenvalue weighted by Crippen LogP contribution is -2.29. The van der Waals surface area contributed by atoms with E-state index in [1.165, 1.54) is 5.69 Å².